The number of hydrogen-bond acceptors (Lipinski definition) is 3. The molecule has 18 heavy (non-hydrogen) atoms. The monoisotopic (exact) mass is 266 g/mol. The number of benzene rings is 1. The highest BCUT2D eigenvalue weighted by molar-refractivity contribution is 7.80. The highest BCUT2D eigenvalue weighted by atomic mass is 32.1. The third-order valence-electron chi connectivity index (χ3n) is 2.65. The van der Waals surface area contributed by atoms with Crippen LogP contribution in [0.3, 0.4) is 0 Å². The minimum absolute atomic E-state index is 0.0786. The van der Waals surface area contributed by atoms with Crippen LogP contribution in [0, 0.1) is 0 Å². The first-order valence-corrected chi connectivity index (χ1v) is 6.16. The molecular formula is C13H18N2O2S. The van der Waals surface area contributed by atoms with Crippen LogP contribution in [-0.4, -0.2) is 40.6 Å². The Morgan fingerprint density at radius 1 is 1.39 bits per heavy atom. The summed E-state index contributed by atoms with van der Waals surface area (Å²) in [6, 6.07) is 6.88. The van der Waals surface area contributed by atoms with Crippen LogP contribution in [0.25, 0.3) is 0 Å². The summed E-state index contributed by atoms with van der Waals surface area (Å²) in [6.45, 7) is 2.23. The van der Waals surface area contributed by atoms with Crippen LogP contribution in [0.5, 0.6) is 0 Å². The van der Waals surface area contributed by atoms with E-state index >= 15 is 0 Å². The third-order valence-corrected chi connectivity index (χ3v) is 2.88. The molecule has 0 saturated carbocycles. The Morgan fingerprint density at radius 3 is 2.33 bits per heavy atom. The molecule has 1 aromatic carbocycles. The Bertz CT molecular complexity index is 429. The lowest BCUT2D eigenvalue weighted by Gasteiger charge is -2.18. The van der Waals surface area contributed by atoms with Gasteiger partial charge in [0.2, 0.25) is 0 Å². The number of thiocarbonyl (C=S) groups is 1. The number of nitrogens with zero attached hydrogens (tertiary/aromatic N) is 1. The zero-order chi connectivity index (χ0) is 13.7. The van der Waals surface area contributed by atoms with Crippen molar-refractivity contribution in [2.45, 2.75) is 19.4 Å². The number of carbonyl (C=O) groups excluding carboxylic acids is 1. The lowest BCUT2D eigenvalue weighted by Crippen LogP contribution is -2.29. The fourth-order valence-corrected chi connectivity index (χ4v) is 1.62. The van der Waals surface area contributed by atoms with Gasteiger partial charge in [0.1, 0.15) is 4.99 Å². The van der Waals surface area contributed by atoms with Crippen molar-refractivity contribution in [3.63, 3.8) is 0 Å². The van der Waals surface area contributed by atoms with Gasteiger partial charge in [-0.2, -0.15) is 0 Å². The third kappa shape index (κ3) is 4.09. The topological polar surface area (TPSA) is 66.6 Å². The van der Waals surface area contributed by atoms with E-state index in [0.717, 1.165) is 5.56 Å². The molecule has 5 heteroatoms. The predicted octanol–water partition coefficient (Wildman–Crippen LogP) is 1.16. The number of aliphatic hydroxyl groups excluding tert-OH is 1. The highest BCUT2D eigenvalue weighted by Crippen LogP contribution is 2.07. The molecule has 0 aliphatic heterocycles. The molecule has 1 atom stereocenters. The average molecular weight is 266 g/mol. The smallest absolute Gasteiger partial charge is 0.253 e. The van der Waals surface area contributed by atoms with Crippen LogP contribution in [-0.2, 0) is 0 Å². The first-order valence-electron chi connectivity index (χ1n) is 5.75. The zero-order valence-electron chi connectivity index (χ0n) is 10.6. The van der Waals surface area contributed by atoms with E-state index in [1.54, 1.807) is 43.1 Å². The lowest BCUT2D eigenvalue weighted by atomic mass is 10.1. The second kappa shape index (κ2) is 6.47. The van der Waals surface area contributed by atoms with Gasteiger partial charge in [0, 0.05) is 24.7 Å². The van der Waals surface area contributed by atoms with E-state index in [4.69, 9.17) is 18.0 Å². The summed E-state index contributed by atoms with van der Waals surface area (Å²) in [7, 11) is 1.71. The van der Waals surface area contributed by atoms with E-state index in [1.165, 1.54) is 0 Å². The lowest BCUT2D eigenvalue weighted by molar-refractivity contribution is 0.0769. The standard InChI is InChI=1S/C13H18N2O2S/c1-9(16)7-8-15(2)13(17)11-5-3-10(4-6-11)12(14)18/h3-6,9,16H,7-8H2,1-2H3,(H2,14,18). The Hall–Kier alpha value is -1.46. The molecule has 3 N–H and O–H groups in total. The van der Waals surface area contributed by atoms with E-state index in [1.807, 2.05) is 0 Å². The molecule has 0 heterocycles. The fourth-order valence-electron chi connectivity index (χ4n) is 1.48. The Morgan fingerprint density at radius 2 is 1.89 bits per heavy atom. The molecule has 0 aliphatic carbocycles. The highest BCUT2D eigenvalue weighted by Gasteiger charge is 2.12. The Labute approximate surface area is 112 Å². The van der Waals surface area contributed by atoms with E-state index in [2.05, 4.69) is 0 Å². The maximum atomic E-state index is 12.0. The largest absolute Gasteiger partial charge is 0.393 e. The molecule has 0 aromatic heterocycles. The maximum absolute atomic E-state index is 12.0. The molecule has 0 bridgehead atoms. The molecule has 1 unspecified atom stereocenters. The second-order valence-corrected chi connectivity index (χ2v) is 4.75. The number of aliphatic hydroxyl groups is 1. The molecule has 0 spiro atoms. The van der Waals surface area contributed by atoms with Crippen LogP contribution >= 0.6 is 12.2 Å². The van der Waals surface area contributed by atoms with Crippen molar-refractivity contribution < 1.29 is 9.90 Å². The minimum Gasteiger partial charge on any atom is -0.393 e. The van der Waals surface area contributed by atoms with Gasteiger partial charge in [0.15, 0.2) is 0 Å². The summed E-state index contributed by atoms with van der Waals surface area (Å²) in [4.78, 5) is 13.9. The van der Waals surface area contributed by atoms with Gasteiger partial charge in [0.05, 0.1) is 6.10 Å². The summed E-state index contributed by atoms with van der Waals surface area (Å²) in [5.41, 5.74) is 6.82. The molecular weight excluding hydrogens is 248 g/mol. The average Bonchev–Trinajstić information content (AvgIpc) is 2.35. The van der Waals surface area contributed by atoms with Crippen molar-refractivity contribution in [3.05, 3.63) is 35.4 Å². The van der Waals surface area contributed by atoms with Gasteiger partial charge in [-0.05, 0) is 25.5 Å². The number of carbonyl (C=O) groups is 1. The van der Waals surface area contributed by atoms with Gasteiger partial charge in [-0.15, -0.1) is 0 Å². The van der Waals surface area contributed by atoms with Gasteiger partial charge in [-0.3, -0.25) is 4.79 Å². The predicted molar refractivity (Wildman–Crippen MR) is 75.6 cm³/mol. The van der Waals surface area contributed by atoms with E-state index in [-0.39, 0.29) is 5.91 Å². The van der Waals surface area contributed by atoms with E-state index in [9.17, 15) is 9.90 Å². The summed E-state index contributed by atoms with van der Waals surface area (Å²) in [5.74, 6) is -0.0786. The number of rotatable bonds is 5. The van der Waals surface area contributed by atoms with Gasteiger partial charge in [-0.25, -0.2) is 0 Å². The summed E-state index contributed by atoms with van der Waals surface area (Å²) < 4.78 is 0. The molecule has 98 valence electrons. The SMILES string of the molecule is CC(O)CCN(C)C(=O)c1ccc(C(N)=S)cc1. The molecule has 1 aromatic rings. The summed E-state index contributed by atoms with van der Waals surface area (Å²) >= 11 is 4.85. The Kier molecular flexibility index (Phi) is 5.25. The Balaban J connectivity index is 2.69. The van der Waals surface area contributed by atoms with E-state index in [0.29, 0.717) is 23.5 Å². The molecule has 0 saturated heterocycles. The minimum atomic E-state index is -0.405. The first-order chi connectivity index (χ1) is 8.41. The van der Waals surface area contributed by atoms with Crippen LogP contribution in [0.1, 0.15) is 29.3 Å². The van der Waals surface area contributed by atoms with Crippen molar-refractivity contribution in [3.8, 4) is 0 Å². The summed E-state index contributed by atoms with van der Waals surface area (Å²) in [5, 5.41) is 9.18. The van der Waals surface area contributed by atoms with Crippen molar-refractivity contribution in [1.29, 1.82) is 0 Å². The van der Waals surface area contributed by atoms with Crippen LogP contribution in [0.15, 0.2) is 24.3 Å². The molecule has 1 amide bonds. The van der Waals surface area contributed by atoms with Gasteiger partial charge in [-0.1, -0.05) is 24.4 Å². The van der Waals surface area contributed by atoms with E-state index < -0.39 is 6.10 Å². The van der Waals surface area contributed by atoms with Crippen LogP contribution < -0.4 is 5.73 Å². The fraction of sp³-hybridized carbons (Fsp3) is 0.385. The first kappa shape index (κ1) is 14.6. The quantitative estimate of drug-likeness (QED) is 0.785. The number of nitrogens with two attached hydrogens (primary N) is 1. The zero-order valence-corrected chi connectivity index (χ0v) is 11.4. The number of amides is 1. The molecule has 0 radical (unpaired) electrons. The second-order valence-electron chi connectivity index (χ2n) is 4.31. The maximum Gasteiger partial charge on any atom is 0.253 e. The molecule has 4 nitrogen and oxygen atoms in total. The van der Waals surface area contributed by atoms with Crippen molar-refractivity contribution in [2.75, 3.05) is 13.6 Å². The van der Waals surface area contributed by atoms with Gasteiger partial charge >= 0.3 is 0 Å². The van der Waals surface area contributed by atoms with Crippen molar-refractivity contribution in [1.82, 2.24) is 4.90 Å². The van der Waals surface area contributed by atoms with Gasteiger partial charge in [0.25, 0.3) is 5.91 Å². The number of hydrogen-bond donors (Lipinski definition) is 2. The van der Waals surface area contributed by atoms with Crippen LogP contribution in [0.2, 0.25) is 0 Å². The molecule has 1 rings (SSSR count). The molecule has 0 fully saturated rings. The molecule has 0 aliphatic rings. The summed E-state index contributed by atoms with van der Waals surface area (Å²) in [6.07, 6.45) is 0.157. The van der Waals surface area contributed by atoms with Gasteiger partial charge < -0.3 is 15.7 Å². The van der Waals surface area contributed by atoms with Crippen LogP contribution in [0.4, 0.5) is 0 Å². The van der Waals surface area contributed by atoms with Crippen molar-refractivity contribution in [2.24, 2.45) is 5.73 Å². The van der Waals surface area contributed by atoms with Crippen molar-refractivity contribution >= 4 is 23.1 Å². The normalized spacial score (nSPS) is 11.9.